The fourth-order valence-corrected chi connectivity index (χ4v) is 3.84. The zero-order valence-corrected chi connectivity index (χ0v) is 21.5. The molecule has 4 aromatic rings. The fourth-order valence-electron chi connectivity index (χ4n) is 3.59. The molecule has 0 heterocycles. The molecule has 4 aromatic carbocycles. The van der Waals surface area contributed by atoms with Gasteiger partial charge in [-0.3, -0.25) is 4.99 Å². The molecule has 0 saturated carbocycles. The highest BCUT2D eigenvalue weighted by Gasteiger charge is 2.16. The average Bonchev–Trinajstić information content (AvgIpc) is 2.94. The third-order valence-corrected chi connectivity index (χ3v) is 6.12. The van der Waals surface area contributed by atoms with Crippen LogP contribution < -0.4 is 9.47 Å². The topological polar surface area (TPSA) is 91.9 Å². The van der Waals surface area contributed by atoms with Crippen molar-refractivity contribution in [3.05, 3.63) is 107 Å². The lowest BCUT2D eigenvalue weighted by Crippen LogP contribution is -2.09. The highest BCUT2D eigenvalue weighted by molar-refractivity contribution is 6.36. The minimum atomic E-state index is -0.616. The van der Waals surface area contributed by atoms with Crippen LogP contribution in [0, 0.1) is 11.3 Å². The van der Waals surface area contributed by atoms with Crippen molar-refractivity contribution >= 4 is 29.5 Å². The van der Waals surface area contributed by atoms with Crippen LogP contribution in [0.4, 0.5) is 5.69 Å². The number of hydrogen-bond acceptors (Lipinski definition) is 6. The summed E-state index contributed by atoms with van der Waals surface area (Å²) < 4.78 is 11.1. The van der Waals surface area contributed by atoms with E-state index < -0.39 is 5.97 Å². The molecule has 190 valence electrons. The first kappa shape index (κ1) is 26.5. The van der Waals surface area contributed by atoms with Crippen molar-refractivity contribution in [3.63, 3.8) is 0 Å². The number of ether oxygens (including phenoxy) is 2. The summed E-state index contributed by atoms with van der Waals surface area (Å²) in [5.74, 6) is 0.359. The molecule has 4 rings (SSSR count). The minimum Gasteiger partial charge on any atom is -0.507 e. The number of aromatic hydroxyl groups is 1. The average molecular weight is 525 g/mol. The number of halogens is 1. The van der Waals surface area contributed by atoms with Gasteiger partial charge in [0, 0.05) is 17.8 Å². The second-order valence-corrected chi connectivity index (χ2v) is 8.80. The second kappa shape index (κ2) is 12.6. The van der Waals surface area contributed by atoms with Crippen molar-refractivity contribution in [3.8, 4) is 34.4 Å². The Morgan fingerprint density at radius 3 is 2.34 bits per heavy atom. The Balaban J connectivity index is 1.44. The van der Waals surface area contributed by atoms with Crippen LogP contribution in [0.1, 0.15) is 41.3 Å². The van der Waals surface area contributed by atoms with Gasteiger partial charge in [-0.05, 0) is 66.1 Å². The number of rotatable bonds is 9. The summed E-state index contributed by atoms with van der Waals surface area (Å²) in [6.07, 6.45) is 3.44. The maximum absolute atomic E-state index is 12.8. The number of hydrogen-bond donors (Lipinski definition) is 1. The van der Waals surface area contributed by atoms with Crippen LogP contribution in [0.5, 0.6) is 17.2 Å². The number of aliphatic imine (C=N–C) groups is 1. The minimum absolute atomic E-state index is 0.0267. The molecule has 1 N–H and O–H groups in total. The maximum atomic E-state index is 12.8. The number of unbranched alkanes of at least 4 members (excludes halogenated alkanes) is 1. The summed E-state index contributed by atoms with van der Waals surface area (Å²) in [5.41, 5.74) is 3.47. The van der Waals surface area contributed by atoms with E-state index in [0.717, 1.165) is 24.0 Å². The number of nitrogens with zero attached hydrogens (tertiary/aromatic N) is 2. The number of carbonyl (C=O) groups excluding carboxylic acids is 1. The van der Waals surface area contributed by atoms with E-state index in [-0.39, 0.29) is 16.3 Å². The lowest BCUT2D eigenvalue weighted by atomic mass is 10.0. The molecule has 0 fully saturated rings. The van der Waals surface area contributed by atoms with Gasteiger partial charge in [0.05, 0.1) is 34.5 Å². The first-order valence-corrected chi connectivity index (χ1v) is 12.5. The SMILES string of the molecule is CCCCOc1ccc(C=Nc2cccc(C(=O)Oc3ccc(-c4ccc(C#N)cc4)cc3)c2Cl)c(O)c1. The van der Waals surface area contributed by atoms with Gasteiger partial charge in [-0.1, -0.05) is 55.3 Å². The summed E-state index contributed by atoms with van der Waals surface area (Å²) in [5, 5.41) is 19.4. The third kappa shape index (κ3) is 6.58. The van der Waals surface area contributed by atoms with Crippen molar-refractivity contribution < 1.29 is 19.4 Å². The molecule has 6 nitrogen and oxygen atoms in total. The predicted molar refractivity (Wildman–Crippen MR) is 149 cm³/mol. The molecule has 0 aliphatic carbocycles. The molecule has 0 atom stereocenters. The van der Waals surface area contributed by atoms with Crippen LogP contribution in [0.3, 0.4) is 0 Å². The molecule has 0 bridgehead atoms. The van der Waals surface area contributed by atoms with E-state index in [0.29, 0.717) is 34.9 Å². The molecule has 0 amide bonds. The Bertz CT molecular complexity index is 1490. The number of nitriles is 1. The standard InChI is InChI=1S/C31H25ClN2O4/c1-2-3-17-37-26-16-13-24(29(35)18-26)20-34-28-6-4-5-27(30(28)32)31(36)38-25-14-11-23(12-15-25)22-9-7-21(19-33)8-10-22/h4-16,18,20,35H,2-3,17H2,1H3. The Morgan fingerprint density at radius 2 is 1.68 bits per heavy atom. The van der Waals surface area contributed by atoms with Crippen LogP contribution in [-0.4, -0.2) is 23.9 Å². The molecular formula is C31H25ClN2O4. The summed E-state index contributed by atoms with van der Waals surface area (Å²) in [6, 6.07) is 26.3. The molecular weight excluding hydrogens is 500 g/mol. The zero-order valence-electron chi connectivity index (χ0n) is 20.7. The van der Waals surface area contributed by atoms with E-state index in [2.05, 4.69) is 18.0 Å². The van der Waals surface area contributed by atoms with Gasteiger partial charge >= 0.3 is 5.97 Å². The monoisotopic (exact) mass is 524 g/mol. The molecule has 0 aliphatic rings. The van der Waals surface area contributed by atoms with Crippen molar-refractivity contribution in [1.82, 2.24) is 0 Å². The summed E-state index contributed by atoms with van der Waals surface area (Å²) in [4.78, 5) is 17.2. The number of phenolic OH excluding ortho intramolecular Hbond substituents is 1. The van der Waals surface area contributed by atoms with Gasteiger partial charge in [0.15, 0.2) is 0 Å². The molecule has 0 saturated heterocycles. The molecule has 38 heavy (non-hydrogen) atoms. The van der Waals surface area contributed by atoms with Crippen molar-refractivity contribution in [2.45, 2.75) is 19.8 Å². The van der Waals surface area contributed by atoms with E-state index in [1.54, 1.807) is 60.7 Å². The fraction of sp³-hybridized carbons (Fsp3) is 0.129. The summed E-state index contributed by atoms with van der Waals surface area (Å²) >= 11 is 6.48. The van der Waals surface area contributed by atoms with Gasteiger partial charge < -0.3 is 14.6 Å². The molecule has 0 spiro atoms. The Labute approximate surface area is 226 Å². The van der Waals surface area contributed by atoms with E-state index in [1.165, 1.54) is 6.21 Å². The predicted octanol–water partition coefficient (Wildman–Crippen LogP) is 7.73. The van der Waals surface area contributed by atoms with Crippen LogP contribution in [-0.2, 0) is 0 Å². The molecule has 7 heteroatoms. The van der Waals surface area contributed by atoms with Gasteiger partial charge in [-0.25, -0.2) is 4.79 Å². The Morgan fingerprint density at radius 1 is 1.00 bits per heavy atom. The lowest BCUT2D eigenvalue weighted by molar-refractivity contribution is 0.0735. The number of carbonyl (C=O) groups is 1. The van der Waals surface area contributed by atoms with Crippen LogP contribution in [0.25, 0.3) is 11.1 Å². The van der Waals surface area contributed by atoms with Gasteiger partial charge in [0.2, 0.25) is 0 Å². The van der Waals surface area contributed by atoms with E-state index in [4.69, 9.17) is 26.3 Å². The van der Waals surface area contributed by atoms with E-state index >= 15 is 0 Å². The quantitative estimate of drug-likeness (QED) is 0.105. The molecule has 0 unspecified atom stereocenters. The van der Waals surface area contributed by atoms with Crippen LogP contribution in [0.2, 0.25) is 5.02 Å². The third-order valence-electron chi connectivity index (χ3n) is 5.72. The summed E-state index contributed by atoms with van der Waals surface area (Å²) in [6.45, 7) is 2.67. The van der Waals surface area contributed by atoms with E-state index in [1.807, 2.05) is 24.3 Å². The Kier molecular flexibility index (Phi) is 8.76. The smallest absolute Gasteiger partial charge is 0.345 e. The number of esters is 1. The first-order chi connectivity index (χ1) is 18.5. The maximum Gasteiger partial charge on any atom is 0.345 e. The highest BCUT2D eigenvalue weighted by atomic mass is 35.5. The highest BCUT2D eigenvalue weighted by Crippen LogP contribution is 2.31. The summed E-state index contributed by atoms with van der Waals surface area (Å²) in [7, 11) is 0. The van der Waals surface area contributed by atoms with Crippen LogP contribution >= 0.6 is 11.6 Å². The van der Waals surface area contributed by atoms with Gasteiger partial charge in [0.1, 0.15) is 17.2 Å². The van der Waals surface area contributed by atoms with Gasteiger partial charge in [0.25, 0.3) is 0 Å². The van der Waals surface area contributed by atoms with Gasteiger partial charge in [-0.2, -0.15) is 5.26 Å². The zero-order chi connectivity index (χ0) is 26.9. The first-order valence-electron chi connectivity index (χ1n) is 12.1. The normalized spacial score (nSPS) is 10.8. The second-order valence-electron chi connectivity index (χ2n) is 8.42. The van der Waals surface area contributed by atoms with Crippen molar-refractivity contribution in [2.75, 3.05) is 6.61 Å². The van der Waals surface area contributed by atoms with Crippen molar-refractivity contribution in [2.24, 2.45) is 4.99 Å². The largest absolute Gasteiger partial charge is 0.507 e. The molecule has 0 aliphatic heterocycles. The molecule has 0 radical (unpaired) electrons. The molecule has 0 aromatic heterocycles. The van der Waals surface area contributed by atoms with E-state index in [9.17, 15) is 9.90 Å². The van der Waals surface area contributed by atoms with Crippen molar-refractivity contribution in [1.29, 1.82) is 5.26 Å². The lowest BCUT2D eigenvalue weighted by Gasteiger charge is -2.09. The van der Waals surface area contributed by atoms with Crippen LogP contribution in [0.15, 0.2) is 89.9 Å². The number of phenols is 1. The van der Waals surface area contributed by atoms with Gasteiger partial charge in [-0.15, -0.1) is 0 Å². The Hall–Kier alpha value is -4.60. The number of benzene rings is 4.